The van der Waals surface area contributed by atoms with E-state index in [0.717, 1.165) is 10.0 Å². The standard InChI is InChI=1S/C14H20INO3/c1-7(2)10-9-6-8(15)11(16(9)12(10)17)13(18)19-14(3,4)5/h7,9-10H,6H2,1-5H3. The number of hydrogen-bond donors (Lipinski definition) is 0. The lowest BCUT2D eigenvalue weighted by atomic mass is 9.79. The maximum Gasteiger partial charge on any atom is 0.356 e. The van der Waals surface area contributed by atoms with Crippen molar-refractivity contribution in [1.29, 1.82) is 0 Å². The van der Waals surface area contributed by atoms with E-state index in [0.29, 0.717) is 11.6 Å². The first kappa shape index (κ1) is 14.8. The van der Waals surface area contributed by atoms with Gasteiger partial charge in [0.1, 0.15) is 11.3 Å². The Hall–Kier alpha value is -0.590. The third-order valence-electron chi connectivity index (χ3n) is 3.47. The Morgan fingerprint density at radius 3 is 2.47 bits per heavy atom. The molecule has 1 fully saturated rings. The summed E-state index contributed by atoms with van der Waals surface area (Å²) in [5.41, 5.74) is -0.0767. The van der Waals surface area contributed by atoms with Gasteiger partial charge in [0.15, 0.2) is 0 Å². The molecular formula is C14H20INO3. The lowest BCUT2D eigenvalue weighted by Gasteiger charge is -2.45. The molecule has 106 valence electrons. The van der Waals surface area contributed by atoms with E-state index in [1.54, 1.807) is 4.90 Å². The summed E-state index contributed by atoms with van der Waals surface area (Å²) >= 11 is 2.16. The van der Waals surface area contributed by atoms with Crippen molar-refractivity contribution in [3.63, 3.8) is 0 Å². The lowest BCUT2D eigenvalue weighted by Crippen LogP contribution is -2.60. The quantitative estimate of drug-likeness (QED) is 0.423. The van der Waals surface area contributed by atoms with Crippen LogP contribution in [0.3, 0.4) is 0 Å². The van der Waals surface area contributed by atoms with Gasteiger partial charge in [0.05, 0.1) is 12.0 Å². The molecule has 2 heterocycles. The van der Waals surface area contributed by atoms with E-state index < -0.39 is 5.60 Å². The summed E-state index contributed by atoms with van der Waals surface area (Å²) in [5, 5.41) is 0. The van der Waals surface area contributed by atoms with Crippen LogP contribution in [0.4, 0.5) is 0 Å². The van der Waals surface area contributed by atoms with Crippen LogP contribution in [0.2, 0.25) is 0 Å². The molecule has 19 heavy (non-hydrogen) atoms. The van der Waals surface area contributed by atoms with Crippen molar-refractivity contribution in [3.8, 4) is 0 Å². The minimum absolute atomic E-state index is 0.0460. The fourth-order valence-electron chi connectivity index (χ4n) is 2.74. The maximum absolute atomic E-state index is 12.2. The van der Waals surface area contributed by atoms with E-state index >= 15 is 0 Å². The molecular weight excluding hydrogens is 357 g/mol. The van der Waals surface area contributed by atoms with E-state index in [1.807, 2.05) is 20.8 Å². The molecule has 0 radical (unpaired) electrons. The number of fused-ring (bicyclic) bond motifs is 1. The van der Waals surface area contributed by atoms with Crippen LogP contribution in [-0.2, 0) is 14.3 Å². The van der Waals surface area contributed by atoms with Gasteiger partial charge in [-0.05, 0) is 49.3 Å². The van der Waals surface area contributed by atoms with Crippen LogP contribution >= 0.6 is 22.6 Å². The average Bonchev–Trinajstić information content (AvgIpc) is 2.48. The van der Waals surface area contributed by atoms with Gasteiger partial charge in [-0.1, -0.05) is 13.8 Å². The Morgan fingerprint density at radius 2 is 2.00 bits per heavy atom. The second-order valence-corrected chi connectivity index (χ2v) is 7.81. The van der Waals surface area contributed by atoms with Gasteiger partial charge in [-0.2, -0.15) is 0 Å². The zero-order chi connectivity index (χ0) is 14.5. The highest BCUT2D eigenvalue weighted by Crippen LogP contribution is 2.47. The number of hydrogen-bond acceptors (Lipinski definition) is 3. The van der Waals surface area contributed by atoms with E-state index in [2.05, 4.69) is 36.4 Å². The number of rotatable bonds is 2. The molecule has 0 aromatic heterocycles. The van der Waals surface area contributed by atoms with Gasteiger partial charge >= 0.3 is 5.97 Å². The molecule has 0 aromatic carbocycles. The van der Waals surface area contributed by atoms with Gasteiger partial charge in [0.25, 0.3) is 0 Å². The smallest absolute Gasteiger partial charge is 0.356 e. The number of amides is 1. The fraction of sp³-hybridized carbons (Fsp3) is 0.714. The van der Waals surface area contributed by atoms with E-state index in [-0.39, 0.29) is 23.8 Å². The van der Waals surface area contributed by atoms with Gasteiger partial charge in [0.2, 0.25) is 5.91 Å². The van der Waals surface area contributed by atoms with Gasteiger partial charge in [-0.15, -0.1) is 0 Å². The van der Waals surface area contributed by atoms with Crippen LogP contribution in [-0.4, -0.2) is 28.4 Å². The number of ether oxygens (including phenoxy) is 1. The Balaban J connectivity index is 2.18. The molecule has 2 aliphatic rings. The zero-order valence-corrected chi connectivity index (χ0v) is 14.1. The SMILES string of the molecule is CC(C)C1C(=O)N2C(C(=O)OC(C)(C)C)=C(I)CC12. The second kappa shape index (κ2) is 4.75. The molecule has 0 spiro atoms. The summed E-state index contributed by atoms with van der Waals surface area (Å²) < 4.78 is 6.33. The number of carbonyl (C=O) groups excluding carboxylic acids is 2. The Kier molecular flexibility index (Phi) is 3.70. The fourth-order valence-corrected chi connectivity index (χ4v) is 3.67. The van der Waals surface area contributed by atoms with Crippen molar-refractivity contribution < 1.29 is 14.3 Å². The van der Waals surface area contributed by atoms with Crippen molar-refractivity contribution in [1.82, 2.24) is 4.90 Å². The van der Waals surface area contributed by atoms with Crippen LogP contribution in [0.15, 0.2) is 9.28 Å². The summed E-state index contributed by atoms with van der Waals surface area (Å²) in [5.74, 6) is 0.0446. The molecule has 0 aromatic rings. The van der Waals surface area contributed by atoms with Crippen LogP contribution in [0.25, 0.3) is 0 Å². The third-order valence-corrected chi connectivity index (χ3v) is 4.42. The van der Waals surface area contributed by atoms with Crippen molar-refractivity contribution in [2.24, 2.45) is 11.8 Å². The van der Waals surface area contributed by atoms with Crippen LogP contribution in [0.5, 0.6) is 0 Å². The topological polar surface area (TPSA) is 46.6 Å². The van der Waals surface area contributed by atoms with E-state index in [4.69, 9.17) is 4.74 Å². The number of carbonyl (C=O) groups is 2. The zero-order valence-electron chi connectivity index (χ0n) is 12.0. The lowest BCUT2D eigenvalue weighted by molar-refractivity contribution is -0.163. The van der Waals surface area contributed by atoms with Gasteiger partial charge in [-0.25, -0.2) is 4.79 Å². The van der Waals surface area contributed by atoms with Gasteiger partial charge < -0.3 is 9.64 Å². The predicted molar refractivity (Wildman–Crippen MR) is 80.5 cm³/mol. The van der Waals surface area contributed by atoms with Crippen LogP contribution in [0, 0.1) is 11.8 Å². The monoisotopic (exact) mass is 377 g/mol. The molecule has 2 rings (SSSR count). The summed E-state index contributed by atoms with van der Waals surface area (Å²) in [4.78, 5) is 26.0. The highest BCUT2D eigenvalue weighted by molar-refractivity contribution is 14.1. The van der Waals surface area contributed by atoms with Crippen molar-refractivity contribution in [2.75, 3.05) is 0 Å². The molecule has 5 heteroatoms. The summed E-state index contributed by atoms with van der Waals surface area (Å²) in [6.07, 6.45) is 0.781. The highest BCUT2D eigenvalue weighted by atomic mass is 127. The normalized spacial score (nSPS) is 26.7. The third kappa shape index (κ3) is 2.53. The van der Waals surface area contributed by atoms with Crippen molar-refractivity contribution >= 4 is 34.5 Å². The molecule has 0 saturated carbocycles. The van der Waals surface area contributed by atoms with Crippen molar-refractivity contribution in [2.45, 2.75) is 52.7 Å². The minimum Gasteiger partial charge on any atom is -0.455 e. The molecule has 0 bridgehead atoms. The molecule has 0 N–H and O–H groups in total. The molecule has 2 aliphatic heterocycles. The van der Waals surface area contributed by atoms with Gasteiger partial charge in [0, 0.05) is 10.0 Å². The number of β-lactam (4-membered cyclic amide) rings is 1. The van der Waals surface area contributed by atoms with Crippen LogP contribution in [0.1, 0.15) is 41.0 Å². The van der Waals surface area contributed by atoms with Crippen LogP contribution < -0.4 is 0 Å². The largest absolute Gasteiger partial charge is 0.455 e. The number of halogens is 1. The Morgan fingerprint density at radius 1 is 1.42 bits per heavy atom. The van der Waals surface area contributed by atoms with E-state index in [1.165, 1.54) is 0 Å². The molecule has 0 aliphatic carbocycles. The average molecular weight is 377 g/mol. The second-order valence-electron chi connectivity index (χ2n) is 6.50. The first-order valence-electron chi connectivity index (χ1n) is 6.58. The highest BCUT2D eigenvalue weighted by Gasteiger charge is 2.55. The van der Waals surface area contributed by atoms with E-state index in [9.17, 15) is 9.59 Å². The van der Waals surface area contributed by atoms with Gasteiger partial charge in [-0.3, -0.25) is 4.79 Å². The van der Waals surface area contributed by atoms with Crippen molar-refractivity contribution in [3.05, 3.63) is 9.28 Å². The Bertz CT molecular complexity index is 462. The molecule has 1 amide bonds. The first-order valence-corrected chi connectivity index (χ1v) is 7.66. The Labute approximate surface area is 127 Å². The predicted octanol–water partition coefficient (Wildman–Crippen LogP) is 2.86. The molecule has 4 nitrogen and oxygen atoms in total. The molecule has 1 saturated heterocycles. The molecule has 2 atom stereocenters. The minimum atomic E-state index is -0.537. The first-order chi connectivity index (χ1) is 8.63. The summed E-state index contributed by atoms with van der Waals surface area (Å²) in [6, 6.07) is 0.155. The maximum atomic E-state index is 12.2. The number of nitrogens with zero attached hydrogens (tertiary/aromatic N) is 1. The number of esters is 1. The summed E-state index contributed by atoms with van der Waals surface area (Å²) in [6.45, 7) is 9.61. The molecule has 2 unspecified atom stereocenters. The summed E-state index contributed by atoms with van der Waals surface area (Å²) in [7, 11) is 0.